The molecule has 1 heterocycles. The predicted octanol–water partition coefficient (Wildman–Crippen LogP) is 4.49. The van der Waals surface area contributed by atoms with Gasteiger partial charge < -0.3 is 10.1 Å². The zero-order chi connectivity index (χ0) is 17.5. The first-order valence-corrected chi connectivity index (χ1v) is 11.3. The molecule has 4 aliphatic carbocycles. The first-order chi connectivity index (χ1) is 11.8. The van der Waals surface area contributed by atoms with E-state index in [1.807, 2.05) is 0 Å². The topological polar surface area (TPSA) is 25.8 Å². The normalized spacial score (nSPS) is 57.1. The van der Waals surface area contributed by atoms with E-state index in [0.29, 0.717) is 10.8 Å². The molecule has 142 valence electrons. The summed E-state index contributed by atoms with van der Waals surface area (Å²) in [6.45, 7) is 11.1. The Morgan fingerprint density at radius 2 is 1.60 bits per heavy atom. The molecule has 1 saturated heterocycles. The zero-order valence-electron chi connectivity index (χ0n) is 17.1. The minimum atomic E-state index is -0.0121. The highest BCUT2D eigenvalue weighted by Crippen LogP contribution is 2.69. The van der Waals surface area contributed by atoms with Crippen molar-refractivity contribution in [2.24, 2.45) is 34.5 Å². The first-order valence-electron chi connectivity index (χ1n) is 11.3. The molecule has 0 aromatic rings. The largest absolute Gasteiger partial charge is 0.317 e. The van der Waals surface area contributed by atoms with E-state index in [1.54, 1.807) is 0 Å². The van der Waals surface area contributed by atoms with Gasteiger partial charge in [0.1, 0.15) is 12.1 Å². The summed E-state index contributed by atoms with van der Waals surface area (Å²) < 4.78 is 6.83. The van der Waals surface area contributed by atoms with Crippen molar-refractivity contribution in [3.63, 3.8) is 0 Å². The van der Waals surface area contributed by atoms with E-state index < -0.39 is 0 Å². The fourth-order valence-corrected chi connectivity index (χ4v) is 8.89. The maximum atomic E-state index is 6.83. The fraction of sp³-hybridized carbons (Fsp3) is 1.00. The Labute approximate surface area is 154 Å². The molecule has 2 heteroatoms. The van der Waals surface area contributed by atoms with Gasteiger partial charge in [0.25, 0.3) is 0 Å². The van der Waals surface area contributed by atoms with Gasteiger partial charge in [-0.1, -0.05) is 26.7 Å². The van der Waals surface area contributed by atoms with Gasteiger partial charge in [0.2, 0.25) is 0 Å². The van der Waals surface area contributed by atoms with Gasteiger partial charge in [0, 0.05) is 19.3 Å². The molecule has 5 aliphatic rings. The SMILES string of the molecule is CC1(C)[NH2+]CC2(CCC3C4CCC5CCCCC5(C)C4CCC32C)O1. The van der Waals surface area contributed by atoms with Crippen molar-refractivity contribution in [3.05, 3.63) is 0 Å². The molecule has 5 rings (SSSR count). The Kier molecular flexibility index (Phi) is 3.58. The molecule has 0 amide bonds. The molecule has 7 unspecified atom stereocenters. The lowest BCUT2D eigenvalue weighted by Gasteiger charge is -2.61. The molecule has 0 radical (unpaired) electrons. The summed E-state index contributed by atoms with van der Waals surface area (Å²) in [5, 5.41) is 2.48. The second-order valence-corrected chi connectivity index (χ2v) is 11.5. The van der Waals surface area contributed by atoms with Crippen LogP contribution in [-0.4, -0.2) is 17.9 Å². The van der Waals surface area contributed by atoms with Crippen LogP contribution < -0.4 is 5.32 Å². The third-order valence-electron chi connectivity index (χ3n) is 10.3. The average molecular weight is 347 g/mol. The predicted molar refractivity (Wildman–Crippen MR) is 101 cm³/mol. The number of hydrogen-bond acceptors (Lipinski definition) is 1. The second-order valence-electron chi connectivity index (χ2n) is 11.5. The van der Waals surface area contributed by atoms with Crippen LogP contribution in [0.4, 0.5) is 0 Å². The number of hydrogen-bond donors (Lipinski definition) is 1. The molecular weight excluding hydrogens is 306 g/mol. The number of quaternary nitrogens is 1. The van der Waals surface area contributed by atoms with E-state index in [2.05, 4.69) is 33.0 Å². The van der Waals surface area contributed by atoms with Crippen LogP contribution in [0, 0.1) is 34.5 Å². The molecule has 1 aliphatic heterocycles. The van der Waals surface area contributed by atoms with E-state index in [4.69, 9.17) is 4.74 Å². The molecule has 0 bridgehead atoms. The standard InChI is InChI=1S/C23H39NO/c1-20(2)24-15-23(25-20)14-11-19-17-9-8-16-7-5-6-12-21(16,3)18(17)10-13-22(19,23)4/h16-19,24H,5-15H2,1-4H3/p+1. The highest BCUT2D eigenvalue weighted by Gasteiger charge is 2.69. The van der Waals surface area contributed by atoms with Crippen molar-refractivity contribution in [2.45, 2.75) is 103 Å². The summed E-state index contributed by atoms with van der Waals surface area (Å²) >= 11 is 0. The highest BCUT2D eigenvalue weighted by molar-refractivity contribution is 5.15. The minimum Gasteiger partial charge on any atom is -0.317 e. The molecule has 0 aromatic carbocycles. The quantitative estimate of drug-likeness (QED) is 0.687. The van der Waals surface area contributed by atoms with Gasteiger partial charge in [-0.05, 0) is 80.5 Å². The Bertz CT molecular complexity index is 558. The van der Waals surface area contributed by atoms with Gasteiger partial charge in [-0.15, -0.1) is 0 Å². The van der Waals surface area contributed by atoms with E-state index >= 15 is 0 Å². The third-order valence-corrected chi connectivity index (χ3v) is 10.3. The van der Waals surface area contributed by atoms with Gasteiger partial charge in [0.05, 0.1) is 0 Å². The van der Waals surface area contributed by atoms with Crippen LogP contribution in [0.5, 0.6) is 0 Å². The van der Waals surface area contributed by atoms with Crippen LogP contribution in [0.1, 0.15) is 91.9 Å². The minimum absolute atomic E-state index is 0.0121. The Hall–Kier alpha value is -0.0800. The molecule has 25 heavy (non-hydrogen) atoms. The van der Waals surface area contributed by atoms with Crippen molar-refractivity contribution in [2.75, 3.05) is 6.54 Å². The van der Waals surface area contributed by atoms with Gasteiger partial charge >= 0.3 is 0 Å². The second kappa shape index (κ2) is 5.25. The maximum absolute atomic E-state index is 6.83. The number of ether oxygens (including phenoxy) is 1. The molecule has 4 saturated carbocycles. The van der Waals surface area contributed by atoms with Crippen LogP contribution in [0.25, 0.3) is 0 Å². The lowest BCUT2D eigenvalue weighted by molar-refractivity contribution is -0.725. The number of rotatable bonds is 0. The summed E-state index contributed by atoms with van der Waals surface area (Å²) in [5.41, 5.74) is 1.24. The summed E-state index contributed by atoms with van der Waals surface area (Å²) in [5.74, 6) is 3.97. The molecule has 0 aromatic heterocycles. The maximum Gasteiger partial charge on any atom is 0.195 e. The molecule has 7 atom stereocenters. The average Bonchev–Trinajstić information content (AvgIpc) is 3.04. The molecule has 2 nitrogen and oxygen atoms in total. The van der Waals surface area contributed by atoms with E-state index in [-0.39, 0.29) is 11.3 Å². The van der Waals surface area contributed by atoms with Crippen LogP contribution in [-0.2, 0) is 4.74 Å². The Balaban J connectivity index is 1.46. The van der Waals surface area contributed by atoms with E-state index in [1.165, 1.54) is 70.8 Å². The van der Waals surface area contributed by atoms with Crippen molar-refractivity contribution < 1.29 is 10.1 Å². The van der Waals surface area contributed by atoms with Crippen molar-refractivity contribution in [3.8, 4) is 0 Å². The highest BCUT2D eigenvalue weighted by atomic mass is 16.6. The molecule has 5 fully saturated rings. The van der Waals surface area contributed by atoms with E-state index in [0.717, 1.165) is 23.7 Å². The van der Waals surface area contributed by atoms with Crippen LogP contribution in [0.3, 0.4) is 0 Å². The lowest BCUT2D eigenvalue weighted by Crippen LogP contribution is -2.92. The van der Waals surface area contributed by atoms with Crippen LogP contribution in [0.2, 0.25) is 0 Å². The monoisotopic (exact) mass is 346 g/mol. The summed E-state index contributed by atoms with van der Waals surface area (Å²) in [4.78, 5) is 0. The van der Waals surface area contributed by atoms with Crippen molar-refractivity contribution in [1.82, 2.24) is 0 Å². The van der Waals surface area contributed by atoms with Crippen molar-refractivity contribution in [1.29, 1.82) is 0 Å². The molecule has 1 spiro atoms. The lowest BCUT2D eigenvalue weighted by atomic mass is 9.44. The van der Waals surface area contributed by atoms with Gasteiger partial charge in [0.15, 0.2) is 5.72 Å². The summed E-state index contributed by atoms with van der Waals surface area (Å²) in [6, 6.07) is 0. The number of fused-ring (bicyclic) bond motifs is 6. The fourth-order valence-electron chi connectivity index (χ4n) is 8.89. The molecule has 2 N–H and O–H groups in total. The first kappa shape index (κ1) is 17.0. The van der Waals surface area contributed by atoms with Gasteiger partial charge in [-0.3, -0.25) is 0 Å². The van der Waals surface area contributed by atoms with Crippen LogP contribution >= 0.6 is 0 Å². The molecular formula is C23H40NO+. The zero-order valence-corrected chi connectivity index (χ0v) is 17.1. The number of nitrogens with two attached hydrogens (primary N) is 1. The van der Waals surface area contributed by atoms with Crippen LogP contribution in [0.15, 0.2) is 0 Å². The summed E-state index contributed by atoms with van der Waals surface area (Å²) in [7, 11) is 0. The summed E-state index contributed by atoms with van der Waals surface area (Å²) in [6.07, 6.45) is 14.7. The Morgan fingerprint density at radius 3 is 2.36 bits per heavy atom. The smallest absolute Gasteiger partial charge is 0.195 e. The van der Waals surface area contributed by atoms with Gasteiger partial charge in [-0.2, -0.15) is 0 Å². The van der Waals surface area contributed by atoms with Gasteiger partial charge in [-0.25, -0.2) is 0 Å². The van der Waals surface area contributed by atoms with E-state index in [9.17, 15) is 0 Å². The Morgan fingerprint density at radius 1 is 0.800 bits per heavy atom. The third kappa shape index (κ3) is 2.16. The van der Waals surface area contributed by atoms with Crippen molar-refractivity contribution >= 4 is 0 Å².